The normalized spacial score (nSPS) is 19.3. The number of hydrogen-bond acceptors (Lipinski definition) is 3. The zero-order valence-corrected chi connectivity index (χ0v) is 19.3. The Morgan fingerprint density at radius 1 is 0.839 bits per heavy atom. The second kappa shape index (κ2) is 9.76. The van der Waals surface area contributed by atoms with E-state index in [1.807, 2.05) is 0 Å². The van der Waals surface area contributed by atoms with Crippen LogP contribution in [0, 0.1) is 18.8 Å². The van der Waals surface area contributed by atoms with Gasteiger partial charge in [-0.2, -0.15) is 0 Å². The van der Waals surface area contributed by atoms with Crippen LogP contribution in [0.25, 0.3) is 0 Å². The molecule has 31 heavy (non-hydrogen) atoms. The highest BCUT2D eigenvalue weighted by Crippen LogP contribution is 2.26. The van der Waals surface area contributed by atoms with Crippen LogP contribution in [0.1, 0.15) is 56.7 Å². The Kier molecular flexibility index (Phi) is 6.84. The van der Waals surface area contributed by atoms with Gasteiger partial charge in [0.05, 0.1) is 6.04 Å². The van der Waals surface area contributed by atoms with E-state index in [9.17, 15) is 4.79 Å². The molecule has 0 bridgehead atoms. The Morgan fingerprint density at radius 2 is 1.32 bits per heavy atom. The number of amides is 1. The summed E-state index contributed by atoms with van der Waals surface area (Å²) < 4.78 is 0. The lowest BCUT2D eigenvalue weighted by atomic mass is 9.94. The third-order valence-corrected chi connectivity index (χ3v) is 7.17. The summed E-state index contributed by atoms with van der Waals surface area (Å²) in [6.07, 6.45) is 4.38. The Morgan fingerprint density at radius 3 is 1.87 bits per heavy atom. The van der Waals surface area contributed by atoms with Crippen LogP contribution in [0.2, 0.25) is 0 Å². The predicted octanol–water partition coefficient (Wildman–Crippen LogP) is 5.33. The van der Waals surface area contributed by atoms with Crippen LogP contribution in [0.5, 0.6) is 0 Å². The highest BCUT2D eigenvalue weighted by atomic mass is 16.1. The summed E-state index contributed by atoms with van der Waals surface area (Å²) in [6, 6.07) is 17.5. The van der Waals surface area contributed by atoms with Crippen LogP contribution in [0.4, 0.5) is 11.4 Å². The number of aryl methyl sites for hydroxylation is 1. The zero-order chi connectivity index (χ0) is 21.8. The monoisotopic (exact) mass is 419 g/mol. The summed E-state index contributed by atoms with van der Waals surface area (Å²) in [5.74, 6) is 1.15. The topological polar surface area (TPSA) is 35.6 Å². The van der Waals surface area contributed by atoms with Gasteiger partial charge in [0.2, 0.25) is 5.91 Å². The van der Waals surface area contributed by atoms with Crippen LogP contribution in [-0.4, -0.2) is 32.1 Å². The van der Waals surface area contributed by atoms with Gasteiger partial charge in [0.25, 0.3) is 0 Å². The maximum absolute atomic E-state index is 12.9. The first kappa shape index (κ1) is 21.7. The molecule has 2 aliphatic heterocycles. The predicted molar refractivity (Wildman–Crippen MR) is 130 cm³/mol. The van der Waals surface area contributed by atoms with E-state index in [1.54, 1.807) is 0 Å². The molecule has 2 aliphatic rings. The van der Waals surface area contributed by atoms with Gasteiger partial charge >= 0.3 is 0 Å². The van der Waals surface area contributed by atoms with Crippen molar-refractivity contribution in [1.29, 1.82) is 0 Å². The molecule has 1 atom stereocenters. The summed E-state index contributed by atoms with van der Waals surface area (Å²) in [7, 11) is 0. The number of benzene rings is 2. The molecule has 4 nitrogen and oxygen atoms in total. The van der Waals surface area contributed by atoms with Gasteiger partial charge in [0, 0.05) is 43.5 Å². The van der Waals surface area contributed by atoms with Crippen molar-refractivity contribution in [3.05, 3.63) is 59.7 Å². The van der Waals surface area contributed by atoms with Crippen molar-refractivity contribution in [2.45, 2.75) is 52.5 Å². The van der Waals surface area contributed by atoms with Gasteiger partial charge in [-0.25, -0.2) is 0 Å². The molecule has 0 saturated carbocycles. The van der Waals surface area contributed by atoms with Crippen LogP contribution < -0.4 is 15.1 Å². The average Bonchev–Trinajstić information content (AvgIpc) is 2.80. The Bertz CT molecular complexity index is 845. The van der Waals surface area contributed by atoms with Crippen molar-refractivity contribution >= 4 is 17.3 Å². The molecule has 2 heterocycles. The van der Waals surface area contributed by atoms with E-state index in [2.05, 4.69) is 84.4 Å². The molecule has 0 unspecified atom stereocenters. The molecule has 0 aromatic heterocycles. The minimum Gasteiger partial charge on any atom is -0.372 e. The lowest BCUT2D eigenvalue weighted by Gasteiger charge is -2.33. The fraction of sp³-hybridized carbons (Fsp3) is 0.519. The van der Waals surface area contributed by atoms with Gasteiger partial charge < -0.3 is 15.1 Å². The van der Waals surface area contributed by atoms with E-state index in [4.69, 9.17) is 0 Å². The number of carbonyl (C=O) groups is 1. The van der Waals surface area contributed by atoms with Crippen LogP contribution >= 0.6 is 0 Å². The lowest BCUT2D eigenvalue weighted by Crippen LogP contribution is -2.41. The van der Waals surface area contributed by atoms with E-state index in [0.29, 0.717) is 0 Å². The standard InChI is InChI=1S/C27H37N3O/c1-20-4-8-25(9-5-20)30-18-14-24(15-19-30)27(31)28-22(3)23-6-10-26(11-7-23)29-16-12-21(2)13-17-29/h4-11,21-22,24H,12-19H2,1-3H3,(H,28,31)/t22-/m0/s1. The molecule has 4 rings (SSSR count). The van der Waals surface area contributed by atoms with Gasteiger partial charge in [-0.05, 0) is 75.3 Å². The molecule has 2 saturated heterocycles. The van der Waals surface area contributed by atoms with E-state index in [0.717, 1.165) is 44.9 Å². The number of nitrogens with one attached hydrogen (secondary N) is 1. The molecule has 166 valence electrons. The number of anilines is 2. The maximum atomic E-state index is 12.9. The molecule has 2 aromatic carbocycles. The molecule has 0 aliphatic carbocycles. The quantitative estimate of drug-likeness (QED) is 0.712. The minimum atomic E-state index is 0.0399. The molecular weight excluding hydrogens is 382 g/mol. The Balaban J connectivity index is 1.27. The zero-order valence-electron chi connectivity index (χ0n) is 19.3. The smallest absolute Gasteiger partial charge is 0.223 e. The Hall–Kier alpha value is -2.49. The van der Waals surface area contributed by atoms with Gasteiger partial charge in [0.1, 0.15) is 0 Å². The van der Waals surface area contributed by atoms with Crippen molar-refractivity contribution in [2.75, 3.05) is 36.0 Å². The van der Waals surface area contributed by atoms with Crippen molar-refractivity contribution in [3.8, 4) is 0 Å². The first-order chi connectivity index (χ1) is 15.0. The second-order valence-electron chi connectivity index (χ2n) is 9.59. The summed E-state index contributed by atoms with van der Waals surface area (Å²) in [5.41, 5.74) is 5.03. The maximum Gasteiger partial charge on any atom is 0.223 e. The number of hydrogen-bond donors (Lipinski definition) is 1. The van der Waals surface area contributed by atoms with Crippen LogP contribution in [0.15, 0.2) is 48.5 Å². The van der Waals surface area contributed by atoms with E-state index in [1.165, 1.54) is 35.3 Å². The molecular formula is C27H37N3O. The fourth-order valence-electron chi connectivity index (χ4n) is 4.81. The summed E-state index contributed by atoms with van der Waals surface area (Å²) >= 11 is 0. The molecule has 2 fully saturated rings. The average molecular weight is 420 g/mol. The largest absolute Gasteiger partial charge is 0.372 e. The number of nitrogens with zero attached hydrogens (tertiary/aromatic N) is 2. The van der Waals surface area contributed by atoms with Crippen molar-refractivity contribution in [3.63, 3.8) is 0 Å². The van der Waals surface area contributed by atoms with Crippen molar-refractivity contribution in [2.24, 2.45) is 11.8 Å². The summed E-state index contributed by atoms with van der Waals surface area (Å²) in [6.45, 7) is 10.7. The third kappa shape index (κ3) is 5.41. The first-order valence-corrected chi connectivity index (χ1v) is 12.0. The number of piperidine rings is 2. The van der Waals surface area contributed by atoms with Gasteiger partial charge in [-0.1, -0.05) is 36.8 Å². The van der Waals surface area contributed by atoms with Crippen molar-refractivity contribution in [1.82, 2.24) is 5.32 Å². The summed E-state index contributed by atoms with van der Waals surface area (Å²) in [4.78, 5) is 17.8. The fourth-order valence-corrected chi connectivity index (χ4v) is 4.81. The van der Waals surface area contributed by atoms with E-state index >= 15 is 0 Å². The molecule has 2 aromatic rings. The summed E-state index contributed by atoms with van der Waals surface area (Å²) in [5, 5.41) is 3.26. The minimum absolute atomic E-state index is 0.0399. The second-order valence-corrected chi connectivity index (χ2v) is 9.59. The number of carbonyl (C=O) groups excluding carboxylic acids is 1. The molecule has 0 radical (unpaired) electrons. The van der Waals surface area contributed by atoms with Gasteiger partial charge in [-0.3, -0.25) is 4.79 Å². The van der Waals surface area contributed by atoms with E-state index in [-0.39, 0.29) is 17.9 Å². The lowest BCUT2D eigenvalue weighted by molar-refractivity contribution is -0.126. The highest BCUT2D eigenvalue weighted by Gasteiger charge is 2.26. The number of rotatable bonds is 5. The third-order valence-electron chi connectivity index (χ3n) is 7.17. The van der Waals surface area contributed by atoms with Gasteiger partial charge in [-0.15, -0.1) is 0 Å². The SMILES string of the molecule is Cc1ccc(N2CCC(C(=O)N[C@@H](C)c3ccc(N4CCC(C)CC4)cc3)CC2)cc1. The van der Waals surface area contributed by atoms with Crippen LogP contribution in [-0.2, 0) is 4.79 Å². The molecule has 1 N–H and O–H groups in total. The van der Waals surface area contributed by atoms with E-state index < -0.39 is 0 Å². The Labute approximate surface area is 187 Å². The highest BCUT2D eigenvalue weighted by molar-refractivity contribution is 5.79. The molecule has 0 spiro atoms. The van der Waals surface area contributed by atoms with Crippen molar-refractivity contribution < 1.29 is 4.79 Å². The van der Waals surface area contributed by atoms with Crippen LogP contribution in [0.3, 0.4) is 0 Å². The first-order valence-electron chi connectivity index (χ1n) is 12.0. The van der Waals surface area contributed by atoms with Gasteiger partial charge in [0.15, 0.2) is 0 Å². The molecule has 4 heteroatoms. The molecule has 1 amide bonds.